The summed E-state index contributed by atoms with van der Waals surface area (Å²) in [6, 6.07) is 9.88. The summed E-state index contributed by atoms with van der Waals surface area (Å²) in [5.41, 5.74) is 2.20. The minimum atomic E-state index is -0.155. The van der Waals surface area contributed by atoms with Gasteiger partial charge >= 0.3 is 0 Å². The third-order valence-electron chi connectivity index (χ3n) is 3.50. The first-order valence-corrected chi connectivity index (χ1v) is 6.74. The van der Waals surface area contributed by atoms with Crippen molar-refractivity contribution >= 4 is 22.5 Å². The predicted octanol–water partition coefficient (Wildman–Crippen LogP) is 1.43. The number of pyridine rings is 1. The second-order valence-corrected chi connectivity index (χ2v) is 4.73. The number of nitrogens with zero attached hydrogens (tertiary/aromatic N) is 2. The number of carbonyl (C=O) groups is 1. The van der Waals surface area contributed by atoms with Crippen LogP contribution in [0.2, 0.25) is 0 Å². The van der Waals surface area contributed by atoms with Crippen LogP contribution in [0.5, 0.6) is 0 Å². The summed E-state index contributed by atoms with van der Waals surface area (Å²) < 4.78 is 5.37. The Balaban J connectivity index is 2.13. The van der Waals surface area contributed by atoms with Crippen LogP contribution >= 0.6 is 0 Å². The highest BCUT2D eigenvalue weighted by Crippen LogP contribution is 2.25. The smallest absolute Gasteiger partial charge is 0.271 e. The molecule has 5 heteroatoms. The number of para-hydroxylation sites is 1. The normalized spacial score (nSPS) is 15.3. The lowest BCUT2D eigenvalue weighted by Crippen LogP contribution is -2.38. The SMILES string of the molecule is CNC(=O)c1nc2ccccc2cc1N1CCOCC1. The van der Waals surface area contributed by atoms with Crippen molar-refractivity contribution in [1.29, 1.82) is 0 Å². The lowest BCUT2D eigenvalue weighted by molar-refractivity contribution is 0.0957. The highest BCUT2D eigenvalue weighted by molar-refractivity contribution is 6.01. The van der Waals surface area contributed by atoms with Gasteiger partial charge in [0.25, 0.3) is 5.91 Å². The molecule has 1 fully saturated rings. The zero-order valence-corrected chi connectivity index (χ0v) is 11.4. The molecule has 0 atom stereocenters. The van der Waals surface area contributed by atoms with E-state index in [2.05, 4.69) is 15.2 Å². The van der Waals surface area contributed by atoms with Gasteiger partial charge in [-0.15, -0.1) is 0 Å². The fourth-order valence-electron chi connectivity index (χ4n) is 2.44. The van der Waals surface area contributed by atoms with Crippen LogP contribution in [-0.4, -0.2) is 44.2 Å². The number of morpholine rings is 1. The number of rotatable bonds is 2. The summed E-state index contributed by atoms with van der Waals surface area (Å²) in [6.07, 6.45) is 0. The lowest BCUT2D eigenvalue weighted by Gasteiger charge is -2.30. The second-order valence-electron chi connectivity index (χ2n) is 4.73. The number of benzene rings is 1. The van der Waals surface area contributed by atoms with Gasteiger partial charge in [0.15, 0.2) is 5.69 Å². The first-order valence-electron chi connectivity index (χ1n) is 6.74. The second kappa shape index (κ2) is 5.46. The van der Waals surface area contributed by atoms with Gasteiger partial charge in [0.1, 0.15) is 0 Å². The number of hydrogen-bond acceptors (Lipinski definition) is 4. The van der Waals surface area contributed by atoms with E-state index < -0.39 is 0 Å². The van der Waals surface area contributed by atoms with Crippen molar-refractivity contribution in [2.45, 2.75) is 0 Å². The molecule has 104 valence electrons. The van der Waals surface area contributed by atoms with Crippen LogP contribution < -0.4 is 10.2 Å². The van der Waals surface area contributed by atoms with E-state index in [1.807, 2.05) is 30.3 Å². The molecule has 2 aromatic rings. The van der Waals surface area contributed by atoms with Crippen molar-refractivity contribution < 1.29 is 9.53 Å². The Labute approximate surface area is 117 Å². The van der Waals surface area contributed by atoms with Crippen molar-refractivity contribution in [3.05, 3.63) is 36.0 Å². The van der Waals surface area contributed by atoms with Crippen molar-refractivity contribution in [2.75, 3.05) is 38.3 Å². The van der Waals surface area contributed by atoms with E-state index >= 15 is 0 Å². The first-order chi connectivity index (χ1) is 9.79. The number of amides is 1. The summed E-state index contributed by atoms with van der Waals surface area (Å²) in [4.78, 5) is 18.8. The first kappa shape index (κ1) is 12.9. The zero-order chi connectivity index (χ0) is 13.9. The number of hydrogen-bond donors (Lipinski definition) is 1. The highest BCUT2D eigenvalue weighted by atomic mass is 16.5. The summed E-state index contributed by atoms with van der Waals surface area (Å²) in [5.74, 6) is -0.155. The Hall–Kier alpha value is -2.14. The van der Waals surface area contributed by atoms with Crippen LogP contribution in [0.4, 0.5) is 5.69 Å². The van der Waals surface area contributed by atoms with Crippen molar-refractivity contribution in [2.24, 2.45) is 0 Å². The quantitative estimate of drug-likeness (QED) is 0.898. The molecule has 1 saturated heterocycles. The van der Waals surface area contributed by atoms with Crippen LogP contribution in [0.1, 0.15) is 10.5 Å². The molecule has 0 bridgehead atoms. The van der Waals surface area contributed by atoms with Crippen molar-refractivity contribution in [3.63, 3.8) is 0 Å². The minimum absolute atomic E-state index is 0.155. The molecule has 2 heterocycles. The molecule has 5 nitrogen and oxygen atoms in total. The molecule has 1 aliphatic rings. The maximum Gasteiger partial charge on any atom is 0.271 e. The fraction of sp³-hybridized carbons (Fsp3) is 0.333. The van der Waals surface area contributed by atoms with Crippen LogP contribution in [0, 0.1) is 0 Å². The molecule has 1 aromatic carbocycles. The maximum absolute atomic E-state index is 12.1. The number of anilines is 1. The predicted molar refractivity (Wildman–Crippen MR) is 78.2 cm³/mol. The average molecular weight is 271 g/mol. The third kappa shape index (κ3) is 2.32. The molecule has 0 unspecified atom stereocenters. The summed E-state index contributed by atoms with van der Waals surface area (Å²) in [7, 11) is 1.63. The number of fused-ring (bicyclic) bond motifs is 1. The van der Waals surface area contributed by atoms with E-state index in [0.717, 1.165) is 29.7 Å². The van der Waals surface area contributed by atoms with E-state index in [0.29, 0.717) is 18.9 Å². The number of aromatic nitrogens is 1. The highest BCUT2D eigenvalue weighted by Gasteiger charge is 2.20. The Kier molecular flexibility index (Phi) is 3.52. The van der Waals surface area contributed by atoms with Crippen molar-refractivity contribution in [1.82, 2.24) is 10.3 Å². The van der Waals surface area contributed by atoms with E-state index in [4.69, 9.17) is 4.74 Å². The molecular weight excluding hydrogens is 254 g/mol. The molecule has 0 radical (unpaired) electrons. The van der Waals surface area contributed by atoms with Crippen molar-refractivity contribution in [3.8, 4) is 0 Å². The molecule has 0 spiro atoms. The van der Waals surface area contributed by atoms with E-state index in [9.17, 15) is 4.79 Å². The molecule has 1 aliphatic heterocycles. The fourth-order valence-corrected chi connectivity index (χ4v) is 2.44. The van der Waals surface area contributed by atoms with Gasteiger partial charge in [0.05, 0.1) is 24.4 Å². The number of ether oxygens (including phenoxy) is 1. The summed E-state index contributed by atoms with van der Waals surface area (Å²) in [6.45, 7) is 2.92. The zero-order valence-electron chi connectivity index (χ0n) is 11.4. The van der Waals surface area contributed by atoms with Crippen LogP contribution in [-0.2, 0) is 4.74 Å². The lowest BCUT2D eigenvalue weighted by atomic mass is 10.1. The molecule has 1 N–H and O–H groups in total. The largest absolute Gasteiger partial charge is 0.378 e. The van der Waals surface area contributed by atoms with Gasteiger partial charge in [0.2, 0.25) is 0 Å². The van der Waals surface area contributed by atoms with Gasteiger partial charge in [-0.25, -0.2) is 4.98 Å². The number of nitrogens with one attached hydrogen (secondary N) is 1. The Morgan fingerprint density at radius 1 is 1.30 bits per heavy atom. The van der Waals surface area contributed by atoms with Gasteiger partial charge in [0, 0.05) is 25.5 Å². The van der Waals surface area contributed by atoms with Crippen LogP contribution in [0.3, 0.4) is 0 Å². The molecular formula is C15H17N3O2. The molecule has 3 rings (SSSR count). The van der Waals surface area contributed by atoms with E-state index in [-0.39, 0.29) is 5.91 Å². The van der Waals surface area contributed by atoms with E-state index in [1.54, 1.807) is 7.05 Å². The Bertz CT molecular complexity index is 636. The summed E-state index contributed by atoms with van der Waals surface area (Å²) in [5, 5.41) is 3.71. The molecule has 0 saturated carbocycles. The van der Waals surface area contributed by atoms with Gasteiger partial charge in [-0.2, -0.15) is 0 Å². The molecule has 1 amide bonds. The van der Waals surface area contributed by atoms with Crippen LogP contribution in [0.15, 0.2) is 30.3 Å². The van der Waals surface area contributed by atoms with Crippen LogP contribution in [0.25, 0.3) is 10.9 Å². The Morgan fingerprint density at radius 2 is 2.05 bits per heavy atom. The molecule has 1 aromatic heterocycles. The average Bonchev–Trinajstić information content (AvgIpc) is 2.53. The standard InChI is InChI=1S/C15H17N3O2/c1-16-15(19)14-13(18-6-8-20-9-7-18)10-11-4-2-3-5-12(11)17-14/h2-5,10H,6-9H2,1H3,(H,16,19). The Morgan fingerprint density at radius 3 is 2.80 bits per heavy atom. The van der Waals surface area contributed by atoms with Gasteiger partial charge in [-0.3, -0.25) is 4.79 Å². The summed E-state index contributed by atoms with van der Waals surface area (Å²) >= 11 is 0. The molecule has 20 heavy (non-hydrogen) atoms. The maximum atomic E-state index is 12.1. The third-order valence-corrected chi connectivity index (χ3v) is 3.50. The van der Waals surface area contributed by atoms with Gasteiger partial charge < -0.3 is 15.0 Å². The molecule has 0 aliphatic carbocycles. The van der Waals surface area contributed by atoms with Gasteiger partial charge in [-0.05, 0) is 12.1 Å². The number of carbonyl (C=O) groups excluding carboxylic acids is 1. The minimum Gasteiger partial charge on any atom is -0.378 e. The topological polar surface area (TPSA) is 54.5 Å². The monoisotopic (exact) mass is 271 g/mol. The van der Waals surface area contributed by atoms with E-state index in [1.165, 1.54) is 0 Å². The van der Waals surface area contributed by atoms with Gasteiger partial charge in [-0.1, -0.05) is 18.2 Å².